The van der Waals surface area contributed by atoms with Crippen molar-refractivity contribution in [2.75, 3.05) is 32.7 Å². The Hall–Kier alpha value is -1.34. The number of piperazine rings is 1. The molecule has 2 rings (SSSR count). The molecule has 1 aliphatic rings. The lowest BCUT2D eigenvalue weighted by Crippen LogP contribution is -2.49. The van der Waals surface area contributed by atoms with Gasteiger partial charge in [0.1, 0.15) is 5.69 Å². The number of amides is 2. The van der Waals surface area contributed by atoms with E-state index in [1.54, 1.807) is 11.0 Å². The molecule has 0 aromatic carbocycles. The third-order valence-corrected chi connectivity index (χ3v) is 3.86. The smallest absolute Gasteiger partial charge is 0.268 e. The Labute approximate surface area is 133 Å². The summed E-state index contributed by atoms with van der Waals surface area (Å²) in [6.45, 7) is 5.91. The van der Waals surface area contributed by atoms with Gasteiger partial charge in [0.25, 0.3) is 5.91 Å². The summed E-state index contributed by atoms with van der Waals surface area (Å²) in [5.41, 5.74) is 0.580. The van der Waals surface area contributed by atoms with Crippen molar-refractivity contribution >= 4 is 27.7 Å². The van der Waals surface area contributed by atoms with Gasteiger partial charge in [0, 0.05) is 43.4 Å². The minimum atomic E-state index is -0.211. The number of nitrogens with one attached hydrogen (secondary N) is 2. The first-order chi connectivity index (χ1) is 10.1. The molecule has 116 valence electrons. The SMILES string of the molecule is CCCn1cc(Br)cc1C(=O)NCC(=O)N1CCNCC1. The van der Waals surface area contributed by atoms with Crippen LogP contribution in [0.1, 0.15) is 23.8 Å². The Morgan fingerprint density at radius 3 is 2.76 bits per heavy atom. The van der Waals surface area contributed by atoms with E-state index in [0.717, 1.165) is 30.5 Å². The van der Waals surface area contributed by atoms with E-state index >= 15 is 0 Å². The lowest BCUT2D eigenvalue weighted by Gasteiger charge is -2.27. The van der Waals surface area contributed by atoms with Gasteiger partial charge in [-0.25, -0.2) is 0 Å². The van der Waals surface area contributed by atoms with Gasteiger partial charge in [0.15, 0.2) is 0 Å². The van der Waals surface area contributed by atoms with E-state index in [4.69, 9.17) is 0 Å². The van der Waals surface area contributed by atoms with Crippen LogP contribution in [0, 0.1) is 0 Å². The minimum absolute atomic E-state index is 0.0301. The van der Waals surface area contributed by atoms with Gasteiger partial charge < -0.3 is 20.1 Å². The fourth-order valence-electron chi connectivity index (χ4n) is 2.36. The fraction of sp³-hybridized carbons (Fsp3) is 0.571. The molecule has 21 heavy (non-hydrogen) atoms. The summed E-state index contributed by atoms with van der Waals surface area (Å²) in [5.74, 6) is -0.241. The summed E-state index contributed by atoms with van der Waals surface area (Å²) < 4.78 is 2.77. The van der Waals surface area contributed by atoms with Gasteiger partial charge in [0.2, 0.25) is 5.91 Å². The van der Waals surface area contributed by atoms with Gasteiger partial charge in [-0.05, 0) is 28.4 Å². The maximum Gasteiger partial charge on any atom is 0.268 e. The third kappa shape index (κ3) is 4.31. The van der Waals surface area contributed by atoms with Crippen molar-refractivity contribution in [3.63, 3.8) is 0 Å². The first-order valence-electron chi connectivity index (χ1n) is 7.24. The van der Waals surface area contributed by atoms with E-state index in [1.165, 1.54) is 0 Å². The number of aromatic nitrogens is 1. The second-order valence-corrected chi connectivity index (χ2v) is 5.97. The number of aryl methyl sites for hydroxylation is 1. The van der Waals surface area contributed by atoms with Crippen LogP contribution in [0.5, 0.6) is 0 Å². The molecule has 6 nitrogen and oxygen atoms in total. The second kappa shape index (κ2) is 7.61. The Morgan fingerprint density at radius 2 is 2.10 bits per heavy atom. The summed E-state index contributed by atoms with van der Waals surface area (Å²) in [7, 11) is 0. The van der Waals surface area contributed by atoms with Crippen molar-refractivity contribution in [1.29, 1.82) is 0 Å². The molecule has 1 fully saturated rings. The molecule has 1 aliphatic heterocycles. The monoisotopic (exact) mass is 356 g/mol. The van der Waals surface area contributed by atoms with Crippen LogP contribution in [-0.2, 0) is 11.3 Å². The van der Waals surface area contributed by atoms with Crippen molar-refractivity contribution < 1.29 is 9.59 Å². The van der Waals surface area contributed by atoms with Crippen LogP contribution in [0.3, 0.4) is 0 Å². The lowest BCUT2D eigenvalue weighted by molar-refractivity contribution is -0.130. The molecule has 1 aromatic rings. The maximum atomic E-state index is 12.2. The molecular weight excluding hydrogens is 336 g/mol. The van der Waals surface area contributed by atoms with Crippen molar-refractivity contribution in [1.82, 2.24) is 20.1 Å². The molecule has 1 aromatic heterocycles. The molecule has 0 spiro atoms. The highest BCUT2D eigenvalue weighted by Crippen LogP contribution is 2.15. The highest BCUT2D eigenvalue weighted by Gasteiger charge is 2.18. The van der Waals surface area contributed by atoms with E-state index in [-0.39, 0.29) is 18.4 Å². The number of carbonyl (C=O) groups is 2. The summed E-state index contributed by atoms with van der Waals surface area (Å²) in [5, 5.41) is 5.91. The first-order valence-corrected chi connectivity index (χ1v) is 8.03. The van der Waals surface area contributed by atoms with E-state index in [1.807, 2.05) is 10.8 Å². The topological polar surface area (TPSA) is 66.4 Å². The largest absolute Gasteiger partial charge is 0.342 e. The Bertz CT molecular complexity index is 509. The van der Waals surface area contributed by atoms with Crippen molar-refractivity contribution in [2.24, 2.45) is 0 Å². The molecule has 1 saturated heterocycles. The van der Waals surface area contributed by atoms with Crippen LogP contribution in [0.4, 0.5) is 0 Å². The molecule has 0 unspecified atom stereocenters. The number of halogens is 1. The molecule has 2 N–H and O–H groups in total. The van der Waals surface area contributed by atoms with Crippen LogP contribution < -0.4 is 10.6 Å². The fourth-order valence-corrected chi connectivity index (χ4v) is 2.83. The van der Waals surface area contributed by atoms with E-state index in [9.17, 15) is 9.59 Å². The van der Waals surface area contributed by atoms with Crippen molar-refractivity contribution in [3.8, 4) is 0 Å². The molecule has 0 aliphatic carbocycles. The van der Waals surface area contributed by atoms with E-state index < -0.39 is 0 Å². The normalized spacial score (nSPS) is 15.0. The summed E-state index contributed by atoms with van der Waals surface area (Å²) in [4.78, 5) is 26.0. The van der Waals surface area contributed by atoms with Crippen molar-refractivity contribution in [3.05, 3.63) is 22.4 Å². The molecule has 0 bridgehead atoms. The van der Waals surface area contributed by atoms with Crippen LogP contribution >= 0.6 is 15.9 Å². The van der Waals surface area contributed by atoms with Gasteiger partial charge in [0.05, 0.1) is 6.54 Å². The average molecular weight is 357 g/mol. The predicted molar refractivity (Wildman–Crippen MR) is 84.2 cm³/mol. The summed E-state index contributed by atoms with van der Waals surface area (Å²) >= 11 is 3.38. The molecule has 2 amide bonds. The standard InChI is InChI=1S/C14H21BrN4O2/c1-2-5-19-10-11(15)8-12(19)14(21)17-9-13(20)18-6-3-16-4-7-18/h8,10,16H,2-7,9H2,1H3,(H,17,21). The predicted octanol–water partition coefficient (Wildman–Crippen LogP) is 0.822. The minimum Gasteiger partial charge on any atom is -0.342 e. The molecule has 0 radical (unpaired) electrons. The second-order valence-electron chi connectivity index (χ2n) is 5.05. The quantitative estimate of drug-likeness (QED) is 0.820. The Balaban J connectivity index is 1.90. The maximum absolute atomic E-state index is 12.2. The zero-order valence-corrected chi connectivity index (χ0v) is 13.8. The van der Waals surface area contributed by atoms with Crippen LogP contribution in [0.2, 0.25) is 0 Å². The third-order valence-electron chi connectivity index (χ3n) is 3.43. The number of carbonyl (C=O) groups excluding carboxylic acids is 2. The molecule has 0 atom stereocenters. The van der Waals surface area contributed by atoms with Gasteiger partial charge in [-0.15, -0.1) is 0 Å². The summed E-state index contributed by atoms with van der Waals surface area (Å²) in [6.07, 6.45) is 2.83. The highest BCUT2D eigenvalue weighted by molar-refractivity contribution is 9.10. The lowest BCUT2D eigenvalue weighted by atomic mass is 10.3. The van der Waals surface area contributed by atoms with Crippen molar-refractivity contribution in [2.45, 2.75) is 19.9 Å². The number of hydrogen-bond donors (Lipinski definition) is 2. The first kappa shape index (κ1) is 16.0. The molecule has 7 heteroatoms. The highest BCUT2D eigenvalue weighted by atomic mass is 79.9. The van der Waals surface area contributed by atoms with Crippen LogP contribution in [-0.4, -0.2) is 54.0 Å². The zero-order chi connectivity index (χ0) is 15.2. The van der Waals surface area contributed by atoms with Gasteiger partial charge in [-0.3, -0.25) is 9.59 Å². The van der Waals surface area contributed by atoms with Gasteiger partial charge >= 0.3 is 0 Å². The molecular formula is C14H21BrN4O2. The van der Waals surface area contributed by atoms with Crippen LogP contribution in [0.25, 0.3) is 0 Å². The average Bonchev–Trinajstić information content (AvgIpc) is 2.86. The zero-order valence-electron chi connectivity index (χ0n) is 12.2. The van der Waals surface area contributed by atoms with Gasteiger partial charge in [-0.1, -0.05) is 6.92 Å². The van der Waals surface area contributed by atoms with Crippen LogP contribution in [0.15, 0.2) is 16.7 Å². The number of rotatable bonds is 5. The molecule has 0 saturated carbocycles. The number of hydrogen-bond acceptors (Lipinski definition) is 3. The Morgan fingerprint density at radius 1 is 1.38 bits per heavy atom. The Kier molecular flexibility index (Phi) is 5.81. The summed E-state index contributed by atoms with van der Waals surface area (Å²) in [6, 6.07) is 1.78. The van der Waals surface area contributed by atoms with E-state index in [0.29, 0.717) is 18.8 Å². The molecule has 2 heterocycles. The van der Waals surface area contributed by atoms with Gasteiger partial charge in [-0.2, -0.15) is 0 Å². The van der Waals surface area contributed by atoms with E-state index in [2.05, 4.69) is 33.5 Å². The number of nitrogens with zero attached hydrogens (tertiary/aromatic N) is 2.